The second-order valence-electron chi connectivity index (χ2n) is 5.88. The predicted octanol–water partition coefficient (Wildman–Crippen LogP) is 1.32. The van der Waals surface area contributed by atoms with E-state index in [4.69, 9.17) is 21.1 Å². The topological polar surface area (TPSA) is 79.3 Å². The van der Waals surface area contributed by atoms with Gasteiger partial charge in [0.2, 0.25) is 10.0 Å². The second kappa shape index (κ2) is 8.66. The highest BCUT2D eigenvalue weighted by atomic mass is 35.5. The molecule has 1 aromatic carbocycles. The van der Waals surface area contributed by atoms with Crippen LogP contribution in [0.25, 0.3) is 0 Å². The second-order valence-corrected chi connectivity index (χ2v) is 8.19. The van der Waals surface area contributed by atoms with Gasteiger partial charge in [-0.25, -0.2) is 8.42 Å². The van der Waals surface area contributed by atoms with Crippen molar-refractivity contribution in [3.63, 3.8) is 0 Å². The smallest absolute Gasteiger partial charge is 0.244 e. The summed E-state index contributed by atoms with van der Waals surface area (Å²) in [6.07, 6.45) is 0.0215. The summed E-state index contributed by atoms with van der Waals surface area (Å²) in [6, 6.07) is 3.23. The van der Waals surface area contributed by atoms with Gasteiger partial charge in [-0.3, -0.25) is 0 Å². The number of aliphatic hydroxyl groups excluding tert-OH is 1. The van der Waals surface area contributed by atoms with Gasteiger partial charge in [-0.1, -0.05) is 11.6 Å². The molecule has 142 valence electrons. The molecule has 1 atom stereocenters. The number of hydrogen-bond acceptors (Lipinski definition) is 6. The van der Waals surface area contributed by atoms with Crippen molar-refractivity contribution < 1.29 is 23.0 Å². The third-order valence-electron chi connectivity index (χ3n) is 4.22. The first-order valence-corrected chi connectivity index (χ1v) is 9.90. The molecule has 2 rings (SSSR count). The lowest BCUT2D eigenvalue weighted by molar-refractivity contribution is 0.150. The van der Waals surface area contributed by atoms with Gasteiger partial charge < -0.3 is 19.5 Å². The maximum Gasteiger partial charge on any atom is 0.244 e. The molecule has 25 heavy (non-hydrogen) atoms. The van der Waals surface area contributed by atoms with Gasteiger partial charge in [-0.15, -0.1) is 0 Å². The average molecular weight is 393 g/mol. The van der Waals surface area contributed by atoms with Crippen LogP contribution in [0.3, 0.4) is 0 Å². The number of aliphatic hydroxyl groups is 1. The van der Waals surface area contributed by atoms with Crippen LogP contribution in [-0.4, -0.2) is 71.1 Å². The largest absolute Gasteiger partial charge is 0.383 e. The van der Waals surface area contributed by atoms with Crippen molar-refractivity contribution in [2.75, 3.05) is 52.0 Å². The molecule has 0 spiro atoms. The molecule has 0 aromatic heterocycles. The summed E-state index contributed by atoms with van der Waals surface area (Å²) in [7, 11) is -0.778. The van der Waals surface area contributed by atoms with Gasteiger partial charge in [0.25, 0.3) is 0 Å². The van der Waals surface area contributed by atoms with Crippen molar-refractivity contribution >= 4 is 27.3 Å². The zero-order valence-electron chi connectivity index (χ0n) is 14.7. The van der Waals surface area contributed by atoms with Gasteiger partial charge in [0.15, 0.2) is 0 Å². The van der Waals surface area contributed by atoms with Crippen LogP contribution in [0.4, 0.5) is 5.69 Å². The zero-order valence-corrected chi connectivity index (χ0v) is 16.3. The fourth-order valence-corrected chi connectivity index (χ4v) is 4.83. The number of fused-ring (bicyclic) bond motifs is 1. The minimum Gasteiger partial charge on any atom is -0.383 e. The van der Waals surface area contributed by atoms with Crippen LogP contribution < -0.4 is 4.90 Å². The third-order valence-corrected chi connectivity index (χ3v) is 6.59. The molecule has 0 fully saturated rings. The van der Waals surface area contributed by atoms with Crippen LogP contribution in [-0.2, 0) is 25.9 Å². The van der Waals surface area contributed by atoms with Gasteiger partial charge in [-0.2, -0.15) is 4.31 Å². The molecular formula is C16H25ClN2O5S. The Hall–Kier alpha value is -0.900. The van der Waals surface area contributed by atoms with Gasteiger partial charge >= 0.3 is 0 Å². The van der Waals surface area contributed by atoms with Gasteiger partial charge in [-0.05, 0) is 31.0 Å². The molecule has 0 saturated carbocycles. The van der Waals surface area contributed by atoms with E-state index in [2.05, 4.69) is 0 Å². The molecule has 0 aliphatic carbocycles. The van der Waals surface area contributed by atoms with Gasteiger partial charge in [0.1, 0.15) is 11.1 Å². The summed E-state index contributed by atoms with van der Waals surface area (Å²) >= 11 is 6.28. The van der Waals surface area contributed by atoms with Crippen molar-refractivity contribution in [1.82, 2.24) is 4.31 Å². The fraction of sp³-hybridized carbons (Fsp3) is 0.625. The SMILES string of the molecule is COCCN(CCOC)S(=O)(=O)c1cc2c(cc1Cl)CCN2C(C)O. The van der Waals surface area contributed by atoms with Crippen molar-refractivity contribution in [3.05, 3.63) is 22.7 Å². The third kappa shape index (κ3) is 4.45. The molecule has 1 aromatic rings. The average Bonchev–Trinajstić information content (AvgIpc) is 2.96. The number of sulfonamides is 1. The van der Waals surface area contributed by atoms with Crippen LogP contribution in [0.1, 0.15) is 12.5 Å². The molecule has 9 heteroatoms. The number of hydrogen-bond donors (Lipinski definition) is 1. The monoisotopic (exact) mass is 392 g/mol. The van der Waals surface area contributed by atoms with E-state index in [-0.39, 0.29) is 36.2 Å². The number of rotatable bonds is 9. The number of benzene rings is 1. The number of methoxy groups -OCH3 is 2. The Bertz CT molecular complexity index is 688. The maximum atomic E-state index is 13.1. The lowest BCUT2D eigenvalue weighted by atomic mass is 10.2. The number of anilines is 1. The zero-order chi connectivity index (χ0) is 18.6. The normalized spacial score (nSPS) is 15.7. The van der Waals surface area contributed by atoms with Gasteiger partial charge in [0.05, 0.1) is 18.2 Å². The van der Waals surface area contributed by atoms with Gasteiger partial charge in [0, 0.05) is 39.5 Å². The van der Waals surface area contributed by atoms with Crippen LogP contribution >= 0.6 is 11.6 Å². The first-order chi connectivity index (χ1) is 11.8. The minimum atomic E-state index is -3.81. The summed E-state index contributed by atoms with van der Waals surface area (Å²) in [5.74, 6) is 0. The number of ether oxygens (including phenoxy) is 2. The highest BCUT2D eigenvalue weighted by Gasteiger charge is 2.31. The highest BCUT2D eigenvalue weighted by molar-refractivity contribution is 7.89. The quantitative estimate of drug-likeness (QED) is 0.683. The minimum absolute atomic E-state index is 0.0349. The van der Waals surface area contributed by atoms with E-state index in [9.17, 15) is 13.5 Å². The highest BCUT2D eigenvalue weighted by Crippen LogP contribution is 2.36. The van der Waals surface area contributed by atoms with E-state index in [0.717, 1.165) is 12.0 Å². The first kappa shape index (κ1) is 20.4. The summed E-state index contributed by atoms with van der Waals surface area (Å²) < 4.78 is 37.5. The van der Waals surface area contributed by atoms with E-state index < -0.39 is 16.3 Å². The predicted molar refractivity (Wildman–Crippen MR) is 96.7 cm³/mol. The maximum absolute atomic E-state index is 13.1. The molecule has 0 bridgehead atoms. The van der Waals surface area contributed by atoms with E-state index in [1.54, 1.807) is 24.0 Å². The van der Waals surface area contributed by atoms with E-state index in [0.29, 0.717) is 12.2 Å². The fourth-order valence-electron chi connectivity index (χ4n) is 2.88. The van der Waals surface area contributed by atoms with Crippen molar-refractivity contribution in [2.24, 2.45) is 0 Å². The van der Waals surface area contributed by atoms with Crippen LogP contribution in [0.15, 0.2) is 17.0 Å². The summed E-state index contributed by atoms with van der Waals surface area (Å²) in [5.41, 5.74) is 1.64. The number of nitrogens with zero attached hydrogens (tertiary/aromatic N) is 2. The molecule has 1 aliphatic heterocycles. The molecule has 0 radical (unpaired) electrons. The molecule has 1 N–H and O–H groups in total. The number of halogens is 1. The Morgan fingerprint density at radius 1 is 1.28 bits per heavy atom. The van der Waals surface area contributed by atoms with E-state index in [1.165, 1.54) is 18.5 Å². The molecule has 1 aliphatic rings. The molecular weight excluding hydrogens is 368 g/mol. The Labute approximate surface area is 154 Å². The summed E-state index contributed by atoms with van der Waals surface area (Å²) in [6.45, 7) is 3.23. The summed E-state index contributed by atoms with van der Waals surface area (Å²) in [5, 5.41) is 10.1. The lowest BCUT2D eigenvalue weighted by Gasteiger charge is -2.25. The van der Waals surface area contributed by atoms with Crippen molar-refractivity contribution in [2.45, 2.75) is 24.5 Å². The molecule has 7 nitrogen and oxygen atoms in total. The van der Waals surface area contributed by atoms with Crippen molar-refractivity contribution in [3.8, 4) is 0 Å². The first-order valence-electron chi connectivity index (χ1n) is 8.08. The van der Waals surface area contributed by atoms with Crippen molar-refractivity contribution in [1.29, 1.82) is 0 Å². The molecule has 0 saturated heterocycles. The Balaban J connectivity index is 2.42. The summed E-state index contributed by atoms with van der Waals surface area (Å²) in [4.78, 5) is 1.80. The Morgan fingerprint density at radius 2 is 1.88 bits per heavy atom. The van der Waals surface area contributed by atoms with Crippen LogP contribution in [0.2, 0.25) is 5.02 Å². The lowest BCUT2D eigenvalue weighted by Crippen LogP contribution is -2.37. The Morgan fingerprint density at radius 3 is 2.40 bits per heavy atom. The standard InChI is InChI=1S/C16H25ClN2O5S/c1-12(20)19-5-4-13-10-14(17)16(11-15(13)19)25(21,22)18(6-8-23-2)7-9-24-3/h10-12,20H,4-9H2,1-3H3. The van der Waals surface area contributed by atoms with E-state index in [1.807, 2.05) is 0 Å². The van der Waals surface area contributed by atoms with E-state index >= 15 is 0 Å². The molecule has 1 unspecified atom stereocenters. The Kier molecular flexibility index (Phi) is 7.07. The molecule has 0 amide bonds. The van der Waals surface area contributed by atoms with Crippen LogP contribution in [0.5, 0.6) is 0 Å². The molecule has 1 heterocycles. The van der Waals surface area contributed by atoms with Crippen LogP contribution in [0, 0.1) is 0 Å².